The summed E-state index contributed by atoms with van der Waals surface area (Å²) < 4.78 is 0.830. The van der Waals surface area contributed by atoms with E-state index in [9.17, 15) is 0 Å². The Kier molecular flexibility index (Phi) is 2.79. The maximum Gasteiger partial charge on any atom is 0.134 e. The minimum atomic E-state index is 0.558. The predicted molar refractivity (Wildman–Crippen MR) is 68.9 cm³/mol. The Bertz CT molecular complexity index is 435. The summed E-state index contributed by atoms with van der Waals surface area (Å²) in [5.74, 6) is 4.49. The number of rotatable bonds is 1. The maximum absolute atomic E-state index is 5.35. The largest absolute Gasteiger partial charge is 0.345 e. The quantitative estimate of drug-likeness (QED) is 0.779. The molecule has 15 heavy (non-hydrogen) atoms. The molecule has 0 radical (unpaired) electrons. The number of aromatic amines is 1. The zero-order valence-electron chi connectivity index (χ0n) is 8.28. The second-order valence-electron chi connectivity index (χ2n) is 3.88. The van der Waals surface area contributed by atoms with E-state index in [0.717, 1.165) is 22.0 Å². The number of thioether (sulfide) groups is 2. The van der Waals surface area contributed by atoms with Gasteiger partial charge in [0.05, 0.1) is 5.25 Å². The van der Waals surface area contributed by atoms with Gasteiger partial charge in [0.25, 0.3) is 0 Å². The number of hydrogen-bond acceptors (Lipinski definition) is 4. The first-order valence-corrected chi connectivity index (χ1v) is 7.77. The first-order chi connectivity index (χ1) is 7.34. The number of aromatic nitrogens is 2. The molecule has 2 aliphatic heterocycles. The highest BCUT2D eigenvalue weighted by atomic mass is 32.2. The summed E-state index contributed by atoms with van der Waals surface area (Å²) in [7, 11) is 0. The molecule has 2 aliphatic rings. The molecule has 0 aromatic carbocycles. The third-order valence-corrected chi connectivity index (χ3v) is 5.56. The highest BCUT2D eigenvalue weighted by Gasteiger charge is 2.22. The van der Waals surface area contributed by atoms with E-state index in [1.165, 1.54) is 29.9 Å². The standard InChI is InChI=1S/C10H12N2S3/c13-10-6-4-14-5-7(6)11-9(12-10)8-2-1-3-15-8/h8H,1-5H2,(H,11,12,13). The fourth-order valence-electron chi connectivity index (χ4n) is 2.04. The van der Waals surface area contributed by atoms with Gasteiger partial charge in [0, 0.05) is 22.8 Å². The monoisotopic (exact) mass is 256 g/mol. The van der Waals surface area contributed by atoms with Gasteiger partial charge in [0.1, 0.15) is 10.5 Å². The zero-order valence-corrected chi connectivity index (χ0v) is 10.7. The average molecular weight is 256 g/mol. The second kappa shape index (κ2) is 4.11. The van der Waals surface area contributed by atoms with Gasteiger partial charge in [-0.1, -0.05) is 12.2 Å². The molecule has 1 fully saturated rings. The van der Waals surface area contributed by atoms with E-state index in [1.807, 2.05) is 23.5 Å². The number of hydrogen-bond donors (Lipinski definition) is 1. The van der Waals surface area contributed by atoms with Crippen molar-refractivity contribution in [3.8, 4) is 0 Å². The van der Waals surface area contributed by atoms with Crippen molar-refractivity contribution in [3.05, 3.63) is 21.7 Å². The molecule has 1 unspecified atom stereocenters. The van der Waals surface area contributed by atoms with E-state index in [-0.39, 0.29) is 0 Å². The predicted octanol–water partition coefficient (Wildman–Crippen LogP) is 3.45. The van der Waals surface area contributed by atoms with E-state index in [2.05, 4.69) is 9.97 Å². The van der Waals surface area contributed by atoms with Crippen molar-refractivity contribution < 1.29 is 0 Å². The molecule has 3 rings (SSSR count). The molecule has 5 heteroatoms. The van der Waals surface area contributed by atoms with Crippen LogP contribution in [-0.2, 0) is 11.5 Å². The van der Waals surface area contributed by atoms with E-state index >= 15 is 0 Å². The topological polar surface area (TPSA) is 28.7 Å². The summed E-state index contributed by atoms with van der Waals surface area (Å²) in [6.07, 6.45) is 2.55. The molecule has 0 saturated carbocycles. The Hall–Kier alpha value is -0.000000000000000111. The van der Waals surface area contributed by atoms with Crippen LogP contribution >= 0.6 is 35.7 Å². The Morgan fingerprint density at radius 2 is 2.33 bits per heavy atom. The Morgan fingerprint density at radius 1 is 1.40 bits per heavy atom. The molecule has 80 valence electrons. The number of nitrogens with zero attached hydrogens (tertiary/aromatic N) is 1. The van der Waals surface area contributed by atoms with Crippen LogP contribution in [0.1, 0.15) is 35.2 Å². The van der Waals surface area contributed by atoms with Crippen LogP contribution in [0, 0.1) is 4.64 Å². The van der Waals surface area contributed by atoms with Crippen LogP contribution < -0.4 is 0 Å². The molecule has 1 N–H and O–H groups in total. The van der Waals surface area contributed by atoms with Crippen molar-refractivity contribution in [2.45, 2.75) is 29.6 Å². The number of fused-ring (bicyclic) bond motifs is 1. The smallest absolute Gasteiger partial charge is 0.134 e. The van der Waals surface area contributed by atoms with Gasteiger partial charge < -0.3 is 4.98 Å². The van der Waals surface area contributed by atoms with Gasteiger partial charge in [-0.25, -0.2) is 4.98 Å². The SMILES string of the molecule is S=c1nc(C2CCCS2)[nH]c2c1CSC2. The maximum atomic E-state index is 5.35. The van der Waals surface area contributed by atoms with Crippen LogP contribution in [0.4, 0.5) is 0 Å². The molecule has 0 bridgehead atoms. The lowest BCUT2D eigenvalue weighted by Crippen LogP contribution is -2.03. The summed E-state index contributed by atoms with van der Waals surface area (Å²) in [5, 5.41) is 0.558. The lowest BCUT2D eigenvalue weighted by molar-refractivity contribution is 0.766. The Balaban J connectivity index is 2.03. The van der Waals surface area contributed by atoms with Gasteiger partial charge in [-0.15, -0.1) is 0 Å². The van der Waals surface area contributed by atoms with Crippen LogP contribution in [0.5, 0.6) is 0 Å². The Labute approximate surface area is 103 Å². The van der Waals surface area contributed by atoms with Crippen molar-refractivity contribution in [3.63, 3.8) is 0 Å². The third-order valence-electron chi connectivity index (χ3n) is 2.85. The van der Waals surface area contributed by atoms with E-state index in [0.29, 0.717) is 5.25 Å². The van der Waals surface area contributed by atoms with E-state index < -0.39 is 0 Å². The molecule has 0 spiro atoms. The van der Waals surface area contributed by atoms with Gasteiger partial charge in [0.15, 0.2) is 0 Å². The highest BCUT2D eigenvalue weighted by molar-refractivity contribution is 7.99. The third kappa shape index (κ3) is 1.85. The molecule has 2 nitrogen and oxygen atoms in total. The second-order valence-corrected chi connectivity index (χ2v) is 6.56. The van der Waals surface area contributed by atoms with Gasteiger partial charge in [0.2, 0.25) is 0 Å². The molecular weight excluding hydrogens is 244 g/mol. The first kappa shape index (κ1) is 10.2. The van der Waals surface area contributed by atoms with Crippen molar-refractivity contribution in [2.75, 3.05) is 5.75 Å². The molecule has 0 amide bonds. The van der Waals surface area contributed by atoms with Crippen molar-refractivity contribution in [1.29, 1.82) is 0 Å². The normalized spacial score (nSPS) is 24.4. The summed E-state index contributed by atoms with van der Waals surface area (Å²) in [6, 6.07) is 0. The van der Waals surface area contributed by atoms with Crippen LogP contribution in [0.3, 0.4) is 0 Å². The molecule has 1 saturated heterocycles. The van der Waals surface area contributed by atoms with Crippen LogP contribution in [-0.4, -0.2) is 15.7 Å². The lowest BCUT2D eigenvalue weighted by atomic mass is 10.2. The molecule has 1 aromatic rings. The summed E-state index contributed by atoms with van der Waals surface area (Å²) in [5.41, 5.74) is 2.59. The van der Waals surface area contributed by atoms with Gasteiger partial charge in [-0.3, -0.25) is 0 Å². The molecule has 3 heterocycles. The lowest BCUT2D eigenvalue weighted by Gasteiger charge is -2.09. The minimum absolute atomic E-state index is 0.558. The number of nitrogens with one attached hydrogen (secondary N) is 1. The van der Waals surface area contributed by atoms with Gasteiger partial charge >= 0.3 is 0 Å². The van der Waals surface area contributed by atoms with Crippen molar-refractivity contribution in [1.82, 2.24) is 9.97 Å². The van der Waals surface area contributed by atoms with Gasteiger partial charge in [-0.05, 0) is 18.6 Å². The van der Waals surface area contributed by atoms with E-state index in [1.54, 1.807) is 0 Å². The first-order valence-electron chi connectivity index (χ1n) is 5.16. The molecule has 0 aliphatic carbocycles. The minimum Gasteiger partial charge on any atom is -0.345 e. The zero-order chi connectivity index (χ0) is 10.3. The molecular formula is C10H12N2S3. The molecule has 1 atom stereocenters. The van der Waals surface area contributed by atoms with Crippen LogP contribution in [0.25, 0.3) is 0 Å². The Morgan fingerprint density at radius 3 is 3.13 bits per heavy atom. The van der Waals surface area contributed by atoms with Gasteiger partial charge in [-0.2, -0.15) is 23.5 Å². The van der Waals surface area contributed by atoms with Crippen molar-refractivity contribution >= 4 is 35.7 Å². The number of H-pyrrole nitrogens is 1. The summed E-state index contributed by atoms with van der Waals surface area (Å²) in [6.45, 7) is 0. The highest BCUT2D eigenvalue weighted by Crippen LogP contribution is 2.39. The average Bonchev–Trinajstić information content (AvgIpc) is 2.88. The fraction of sp³-hybridized carbons (Fsp3) is 0.600. The fourth-order valence-corrected chi connectivity index (χ4v) is 4.71. The molecule has 1 aromatic heterocycles. The van der Waals surface area contributed by atoms with Crippen molar-refractivity contribution in [2.24, 2.45) is 0 Å². The van der Waals surface area contributed by atoms with Crippen LogP contribution in [0.15, 0.2) is 0 Å². The van der Waals surface area contributed by atoms with E-state index in [4.69, 9.17) is 12.2 Å². The summed E-state index contributed by atoms with van der Waals surface area (Å²) >= 11 is 9.27. The summed E-state index contributed by atoms with van der Waals surface area (Å²) in [4.78, 5) is 8.04. The van der Waals surface area contributed by atoms with Crippen LogP contribution in [0.2, 0.25) is 0 Å².